The molecule has 0 fully saturated rings. The van der Waals surface area contributed by atoms with Gasteiger partial charge >= 0.3 is 5.97 Å². The molecule has 0 aromatic rings. The highest BCUT2D eigenvalue weighted by atomic mass is 79.9. The average molecular weight is 193 g/mol. The molecule has 0 aliphatic heterocycles. The molecule has 0 aromatic heterocycles. The van der Waals surface area contributed by atoms with Crippen LogP contribution in [0.1, 0.15) is 13.8 Å². The van der Waals surface area contributed by atoms with E-state index in [4.69, 9.17) is 0 Å². The van der Waals surface area contributed by atoms with E-state index >= 15 is 0 Å². The molecule has 0 unspecified atom stereocenters. The SMILES string of the molecule is CC(=O)OCC=C(C)Br. The second kappa shape index (κ2) is 4.56. The highest BCUT2D eigenvalue weighted by Gasteiger charge is 1.86. The summed E-state index contributed by atoms with van der Waals surface area (Å²) >= 11 is 3.19. The Morgan fingerprint density at radius 2 is 2.22 bits per heavy atom. The van der Waals surface area contributed by atoms with E-state index in [0.717, 1.165) is 4.48 Å². The Kier molecular flexibility index (Phi) is 4.40. The lowest BCUT2D eigenvalue weighted by Gasteiger charge is -1.93. The Hall–Kier alpha value is -0.310. The standard InChI is InChI=1S/C6H9BrO2/c1-5(7)3-4-9-6(2)8/h3H,4H2,1-2H3. The van der Waals surface area contributed by atoms with Gasteiger partial charge in [-0.1, -0.05) is 15.9 Å². The Morgan fingerprint density at radius 1 is 1.67 bits per heavy atom. The Bertz CT molecular complexity index is 125. The molecule has 0 aromatic carbocycles. The molecular weight excluding hydrogens is 184 g/mol. The molecule has 0 heterocycles. The van der Waals surface area contributed by atoms with Crippen LogP contribution in [0.4, 0.5) is 0 Å². The number of allylic oxidation sites excluding steroid dienone is 1. The van der Waals surface area contributed by atoms with Crippen molar-refractivity contribution in [2.75, 3.05) is 6.61 Å². The maximum absolute atomic E-state index is 10.2. The van der Waals surface area contributed by atoms with E-state index < -0.39 is 0 Å². The van der Waals surface area contributed by atoms with Crippen LogP contribution in [0, 0.1) is 0 Å². The molecule has 0 aliphatic carbocycles. The summed E-state index contributed by atoms with van der Waals surface area (Å²) in [4.78, 5) is 10.2. The van der Waals surface area contributed by atoms with Crippen molar-refractivity contribution in [1.82, 2.24) is 0 Å². The van der Waals surface area contributed by atoms with Crippen LogP contribution < -0.4 is 0 Å². The number of ether oxygens (including phenoxy) is 1. The molecule has 0 radical (unpaired) electrons. The molecule has 0 bridgehead atoms. The molecule has 0 aliphatic rings. The van der Waals surface area contributed by atoms with Crippen LogP contribution in [0.5, 0.6) is 0 Å². The highest BCUT2D eigenvalue weighted by molar-refractivity contribution is 9.11. The van der Waals surface area contributed by atoms with Gasteiger partial charge in [0.2, 0.25) is 0 Å². The number of halogens is 1. The van der Waals surface area contributed by atoms with Crippen LogP contribution in [-0.4, -0.2) is 12.6 Å². The summed E-state index contributed by atoms with van der Waals surface area (Å²) in [7, 11) is 0. The van der Waals surface area contributed by atoms with E-state index in [2.05, 4.69) is 20.7 Å². The fraction of sp³-hybridized carbons (Fsp3) is 0.500. The van der Waals surface area contributed by atoms with Gasteiger partial charge in [-0.25, -0.2) is 0 Å². The van der Waals surface area contributed by atoms with Crippen LogP contribution in [0.15, 0.2) is 10.6 Å². The lowest BCUT2D eigenvalue weighted by molar-refractivity contribution is -0.139. The molecule has 2 nitrogen and oxygen atoms in total. The van der Waals surface area contributed by atoms with E-state index in [1.54, 1.807) is 6.08 Å². The average Bonchev–Trinajstić information content (AvgIpc) is 1.63. The molecule has 0 N–H and O–H groups in total. The Labute approximate surface area is 63.0 Å². The van der Waals surface area contributed by atoms with Gasteiger partial charge < -0.3 is 4.74 Å². The predicted octanol–water partition coefficient (Wildman–Crippen LogP) is 1.85. The second-order valence-corrected chi connectivity index (χ2v) is 2.84. The molecule has 0 rings (SSSR count). The van der Waals surface area contributed by atoms with Gasteiger partial charge in [0.05, 0.1) is 0 Å². The second-order valence-electron chi connectivity index (χ2n) is 1.59. The smallest absolute Gasteiger partial charge is 0.302 e. The highest BCUT2D eigenvalue weighted by Crippen LogP contribution is 2.00. The quantitative estimate of drug-likeness (QED) is 0.625. The zero-order valence-electron chi connectivity index (χ0n) is 5.48. The van der Waals surface area contributed by atoms with E-state index in [0.29, 0.717) is 6.61 Å². The topological polar surface area (TPSA) is 26.3 Å². The third-order valence-electron chi connectivity index (χ3n) is 0.651. The summed E-state index contributed by atoms with van der Waals surface area (Å²) in [5.41, 5.74) is 0. The first-order valence-electron chi connectivity index (χ1n) is 2.58. The molecule has 0 amide bonds. The number of carbonyl (C=O) groups excluding carboxylic acids is 1. The maximum Gasteiger partial charge on any atom is 0.302 e. The number of hydrogen-bond acceptors (Lipinski definition) is 2. The van der Waals surface area contributed by atoms with Crippen molar-refractivity contribution >= 4 is 21.9 Å². The fourth-order valence-corrected chi connectivity index (χ4v) is 0.406. The van der Waals surface area contributed by atoms with Crippen LogP contribution in [-0.2, 0) is 9.53 Å². The van der Waals surface area contributed by atoms with Gasteiger partial charge in [-0.2, -0.15) is 0 Å². The van der Waals surface area contributed by atoms with Crippen LogP contribution in [0.2, 0.25) is 0 Å². The van der Waals surface area contributed by atoms with Crippen molar-refractivity contribution in [3.63, 3.8) is 0 Å². The largest absolute Gasteiger partial charge is 0.462 e. The van der Waals surface area contributed by atoms with Crippen LogP contribution >= 0.6 is 15.9 Å². The molecular formula is C6H9BrO2. The van der Waals surface area contributed by atoms with Crippen molar-refractivity contribution in [2.45, 2.75) is 13.8 Å². The Morgan fingerprint density at radius 3 is 2.56 bits per heavy atom. The molecule has 0 saturated carbocycles. The first kappa shape index (κ1) is 8.69. The zero-order chi connectivity index (χ0) is 7.28. The third kappa shape index (κ3) is 7.69. The van der Waals surface area contributed by atoms with E-state index in [1.165, 1.54) is 6.92 Å². The summed E-state index contributed by atoms with van der Waals surface area (Å²) in [6, 6.07) is 0. The molecule has 52 valence electrons. The lowest BCUT2D eigenvalue weighted by atomic mass is 10.5. The fourth-order valence-electron chi connectivity index (χ4n) is 0.274. The van der Waals surface area contributed by atoms with Gasteiger partial charge in [0.25, 0.3) is 0 Å². The van der Waals surface area contributed by atoms with Gasteiger partial charge in [-0.3, -0.25) is 4.79 Å². The predicted molar refractivity (Wildman–Crippen MR) is 39.3 cm³/mol. The number of hydrogen-bond donors (Lipinski definition) is 0. The molecule has 0 atom stereocenters. The summed E-state index contributed by atoms with van der Waals surface area (Å²) in [6.45, 7) is 3.62. The van der Waals surface area contributed by atoms with Crippen molar-refractivity contribution < 1.29 is 9.53 Å². The van der Waals surface area contributed by atoms with Crippen LogP contribution in [0.3, 0.4) is 0 Å². The monoisotopic (exact) mass is 192 g/mol. The van der Waals surface area contributed by atoms with E-state index in [-0.39, 0.29) is 5.97 Å². The van der Waals surface area contributed by atoms with Crippen molar-refractivity contribution in [2.24, 2.45) is 0 Å². The minimum atomic E-state index is -0.250. The lowest BCUT2D eigenvalue weighted by Crippen LogP contribution is -1.97. The third-order valence-corrected chi connectivity index (χ3v) is 0.975. The number of rotatable bonds is 2. The summed E-state index contributed by atoms with van der Waals surface area (Å²) in [5, 5.41) is 0. The molecule has 3 heteroatoms. The molecule has 0 saturated heterocycles. The number of carbonyl (C=O) groups is 1. The summed E-state index contributed by atoms with van der Waals surface area (Å²) in [6.07, 6.45) is 1.78. The minimum Gasteiger partial charge on any atom is -0.462 e. The summed E-state index contributed by atoms with van der Waals surface area (Å²) in [5.74, 6) is -0.250. The van der Waals surface area contributed by atoms with Crippen molar-refractivity contribution in [1.29, 1.82) is 0 Å². The van der Waals surface area contributed by atoms with Crippen molar-refractivity contribution in [3.8, 4) is 0 Å². The summed E-state index contributed by atoms with van der Waals surface area (Å²) < 4.78 is 5.58. The van der Waals surface area contributed by atoms with E-state index in [1.807, 2.05) is 6.92 Å². The van der Waals surface area contributed by atoms with Crippen LogP contribution in [0.25, 0.3) is 0 Å². The minimum absolute atomic E-state index is 0.250. The molecule has 9 heavy (non-hydrogen) atoms. The van der Waals surface area contributed by atoms with Gasteiger partial charge in [-0.05, 0) is 17.5 Å². The normalized spacial score (nSPS) is 11.2. The van der Waals surface area contributed by atoms with Gasteiger partial charge in [0.1, 0.15) is 6.61 Å². The van der Waals surface area contributed by atoms with Gasteiger partial charge in [0, 0.05) is 6.92 Å². The van der Waals surface area contributed by atoms with E-state index in [9.17, 15) is 4.79 Å². The maximum atomic E-state index is 10.2. The first-order valence-corrected chi connectivity index (χ1v) is 3.38. The molecule has 0 spiro atoms. The van der Waals surface area contributed by atoms with Gasteiger partial charge in [-0.15, -0.1) is 0 Å². The van der Waals surface area contributed by atoms with Gasteiger partial charge in [0.15, 0.2) is 0 Å². The van der Waals surface area contributed by atoms with Crippen molar-refractivity contribution in [3.05, 3.63) is 10.6 Å². The number of esters is 1. The zero-order valence-corrected chi connectivity index (χ0v) is 7.06. The first-order chi connectivity index (χ1) is 4.13. The Balaban J connectivity index is 3.31.